The van der Waals surface area contributed by atoms with Gasteiger partial charge in [-0.1, -0.05) is 35.0 Å². The zero-order valence-electron chi connectivity index (χ0n) is 11.3. The number of halogens is 1. The first-order valence-electron chi connectivity index (χ1n) is 6.13. The lowest BCUT2D eigenvalue weighted by molar-refractivity contribution is -0.158. The van der Waals surface area contributed by atoms with Gasteiger partial charge in [0.25, 0.3) is 0 Å². The SMILES string of the molecule is CCC(C(=O)O)(c1ccc(Br)cc1)N(C=O)C(C)C. The largest absolute Gasteiger partial charge is 0.479 e. The molecule has 0 saturated heterocycles. The van der Waals surface area contributed by atoms with E-state index in [0.717, 1.165) is 4.47 Å². The highest BCUT2D eigenvalue weighted by Gasteiger charge is 2.45. The van der Waals surface area contributed by atoms with E-state index in [1.54, 1.807) is 45.0 Å². The molecule has 1 aromatic carbocycles. The molecule has 104 valence electrons. The van der Waals surface area contributed by atoms with E-state index >= 15 is 0 Å². The molecule has 1 unspecified atom stereocenters. The molecule has 1 atom stereocenters. The van der Waals surface area contributed by atoms with Gasteiger partial charge < -0.3 is 10.0 Å². The van der Waals surface area contributed by atoms with Crippen LogP contribution in [0.2, 0.25) is 0 Å². The summed E-state index contributed by atoms with van der Waals surface area (Å²) in [5.74, 6) is -1.02. The lowest BCUT2D eigenvalue weighted by atomic mass is 9.84. The minimum atomic E-state index is -1.32. The predicted octanol–water partition coefficient (Wildman–Crippen LogP) is 3.01. The van der Waals surface area contributed by atoms with E-state index in [1.807, 2.05) is 0 Å². The molecule has 1 amide bonds. The second-order valence-corrected chi connectivity index (χ2v) is 5.55. The molecule has 0 aliphatic heterocycles. The Balaban J connectivity index is 3.46. The topological polar surface area (TPSA) is 57.6 Å². The number of carboxylic acids is 1. The maximum Gasteiger partial charge on any atom is 0.334 e. The monoisotopic (exact) mass is 327 g/mol. The summed E-state index contributed by atoms with van der Waals surface area (Å²) in [7, 11) is 0. The number of nitrogens with zero attached hydrogens (tertiary/aromatic N) is 1. The highest BCUT2D eigenvalue weighted by atomic mass is 79.9. The van der Waals surface area contributed by atoms with Crippen molar-refractivity contribution < 1.29 is 14.7 Å². The number of hydrogen-bond donors (Lipinski definition) is 1. The Hall–Kier alpha value is -1.36. The van der Waals surface area contributed by atoms with Crippen LogP contribution in [0, 0.1) is 0 Å². The highest BCUT2D eigenvalue weighted by Crippen LogP contribution is 2.34. The van der Waals surface area contributed by atoms with Gasteiger partial charge in [-0.05, 0) is 38.0 Å². The first-order valence-corrected chi connectivity index (χ1v) is 6.92. The number of amides is 1. The molecule has 0 aromatic heterocycles. The Morgan fingerprint density at radius 3 is 2.26 bits per heavy atom. The van der Waals surface area contributed by atoms with Gasteiger partial charge in [-0.3, -0.25) is 4.79 Å². The third-order valence-electron chi connectivity index (χ3n) is 3.30. The average molecular weight is 328 g/mol. The van der Waals surface area contributed by atoms with Crippen LogP contribution >= 0.6 is 15.9 Å². The van der Waals surface area contributed by atoms with Gasteiger partial charge in [0.1, 0.15) is 0 Å². The fraction of sp³-hybridized carbons (Fsp3) is 0.429. The van der Waals surface area contributed by atoms with Gasteiger partial charge in [-0.25, -0.2) is 4.79 Å². The first kappa shape index (κ1) is 15.7. The summed E-state index contributed by atoms with van der Waals surface area (Å²) in [6, 6.07) is 6.84. The van der Waals surface area contributed by atoms with E-state index in [2.05, 4.69) is 15.9 Å². The Labute approximate surface area is 121 Å². The summed E-state index contributed by atoms with van der Waals surface area (Å²) < 4.78 is 0.869. The van der Waals surface area contributed by atoms with Gasteiger partial charge in [-0.2, -0.15) is 0 Å². The molecule has 4 nitrogen and oxygen atoms in total. The zero-order chi connectivity index (χ0) is 14.6. The van der Waals surface area contributed by atoms with Crippen molar-refractivity contribution >= 4 is 28.3 Å². The number of aliphatic carboxylic acids is 1. The third kappa shape index (κ3) is 2.81. The average Bonchev–Trinajstić information content (AvgIpc) is 2.36. The number of carbonyl (C=O) groups is 2. The van der Waals surface area contributed by atoms with Gasteiger partial charge in [0.15, 0.2) is 5.54 Å². The molecule has 0 heterocycles. The molecule has 1 aromatic rings. The van der Waals surface area contributed by atoms with E-state index in [4.69, 9.17) is 0 Å². The maximum atomic E-state index is 11.8. The molecule has 0 aliphatic carbocycles. The van der Waals surface area contributed by atoms with Crippen LogP contribution in [0.4, 0.5) is 0 Å². The van der Waals surface area contributed by atoms with E-state index in [-0.39, 0.29) is 6.04 Å². The van der Waals surface area contributed by atoms with Crippen LogP contribution in [0.1, 0.15) is 32.8 Å². The van der Waals surface area contributed by atoms with Gasteiger partial charge in [0, 0.05) is 10.5 Å². The van der Waals surface area contributed by atoms with Crippen LogP contribution in [0.15, 0.2) is 28.7 Å². The molecule has 0 radical (unpaired) electrons. The van der Waals surface area contributed by atoms with Crippen molar-refractivity contribution in [2.75, 3.05) is 0 Å². The number of rotatable bonds is 6. The molecule has 5 heteroatoms. The zero-order valence-corrected chi connectivity index (χ0v) is 12.8. The molecule has 0 spiro atoms. The summed E-state index contributed by atoms with van der Waals surface area (Å²) >= 11 is 3.32. The highest BCUT2D eigenvalue weighted by molar-refractivity contribution is 9.10. The van der Waals surface area contributed by atoms with E-state index in [9.17, 15) is 14.7 Å². The molecule has 1 rings (SSSR count). The lowest BCUT2D eigenvalue weighted by Gasteiger charge is -2.40. The lowest BCUT2D eigenvalue weighted by Crippen LogP contribution is -2.54. The predicted molar refractivity (Wildman–Crippen MR) is 76.8 cm³/mol. The second-order valence-electron chi connectivity index (χ2n) is 4.63. The third-order valence-corrected chi connectivity index (χ3v) is 3.83. The normalized spacial score (nSPS) is 13.9. The smallest absolute Gasteiger partial charge is 0.334 e. The summed E-state index contributed by atoms with van der Waals surface area (Å²) in [5.41, 5.74) is -0.720. The number of benzene rings is 1. The Kier molecular flexibility index (Phi) is 5.11. The molecular formula is C14H18BrNO3. The molecule has 0 saturated carbocycles. The molecule has 0 bridgehead atoms. The number of hydrogen-bond acceptors (Lipinski definition) is 2. The summed E-state index contributed by atoms with van der Waals surface area (Å²) in [5, 5.41) is 9.68. The fourth-order valence-corrected chi connectivity index (χ4v) is 2.56. The molecule has 1 N–H and O–H groups in total. The quantitative estimate of drug-likeness (QED) is 0.817. The van der Waals surface area contributed by atoms with Crippen molar-refractivity contribution in [3.8, 4) is 0 Å². The summed E-state index contributed by atoms with van der Waals surface area (Å²) in [6.07, 6.45) is 0.922. The first-order chi connectivity index (χ1) is 8.90. The van der Waals surface area contributed by atoms with Crippen molar-refractivity contribution in [2.24, 2.45) is 0 Å². The number of carboxylic acid groups (broad SMARTS) is 1. The van der Waals surface area contributed by atoms with Gasteiger partial charge in [0.05, 0.1) is 0 Å². The van der Waals surface area contributed by atoms with Gasteiger partial charge in [-0.15, -0.1) is 0 Å². The van der Waals surface area contributed by atoms with Crippen molar-refractivity contribution in [3.05, 3.63) is 34.3 Å². The van der Waals surface area contributed by atoms with Crippen LogP contribution < -0.4 is 0 Å². The van der Waals surface area contributed by atoms with Crippen LogP contribution in [-0.4, -0.2) is 28.4 Å². The molecule has 0 fully saturated rings. The fourth-order valence-electron chi connectivity index (χ4n) is 2.30. The number of carbonyl (C=O) groups excluding carboxylic acids is 1. The Bertz CT molecular complexity index is 458. The van der Waals surface area contributed by atoms with Gasteiger partial charge in [0.2, 0.25) is 6.41 Å². The molecule has 0 aliphatic rings. The molecule has 19 heavy (non-hydrogen) atoms. The summed E-state index contributed by atoms with van der Waals surface area (Å²) in [6.45, 7) is 5.39. The van der Waals surface area contributed by atoms with Crippen LogP contribution in [0.5, 0.6) is 0 Å². The summed E-state index contributed by atoms with van der Waals surface area (Å²) in [4.78, 5) is 24.5. The van der Waals surface area contributed by atoms with E-state index in [0.29, 0.717) is 18.4 Å². The maximum absolute atomic E-state index is 11.8. The minimum absolute atomic E-state index is 0.197. The van der Waals surface area contributed by atoms with Crippen molar-refractivity contribution in [1.29, 1.82) is 0 Å². The Morgan fingerprint density at radius 1 is 1.42 bits per heavy atom. The van der Waals surface area contributed by atoms with Crippen LogP contribution in [-0.2, 0) is 15.1 Å². The van der Waals surface area contributed by atoms with Crippen molar-refractivity contribution in [3.63, 3.8) is 0 Å². The van der Waals surface area contributed by atoms with E-state index < -0.39 is 11.5 Å². The second kappa shape index (κ2) is 6.19. The van der Waals surface area contributed by atoms with Crippen molar-refractivity contribution in [2.45, 2.75) is 38.8 Å². The van der Waals surface area contributed by atoms with Crippen LogP contribution in [0.3, 0.4) is 0 Å². The van der Waals surface area contributed by atoms with Crippen molar-refractivity contribution in [1.82, 2.24) is 4.90 Å². The van der Waals surface area contributed by atoms with Crippen LogP contribution in [0.25, 0.3) is 0 Å². The standard InChI is InChI=1S/C14H18BrNO3/c1-4-14(13(18)19,16(9-17)10(2)3)11-5-7-12(15)8-6-11/h5-10H,4H2,1-3H3,(H,18,19). The minimum Gasteiger partial charge on any atom is -0.479 e. The molecular weight excluding hydrogens is 310 g/mol. The Morgan fingerprint density at radius 2 is 1.95 bits per heavy atom. The van der Waals surface area contributed by atoms with E-state index in [1.165, 1.54) is 4.90 Å². The van der Waals surface area contributed by atoms with Gasteiger partial charge >= 0.3 is 5.97 Å².